The van der Waals surface area contributed by atoms with Crippen LogP contribution in [0.25, 0.3) is 21.8 Å². The Balaban J connectivity index is 1.94. The van der Waals surface area contributed by atoms with Crippen LogP contribution in [0.2, 0.25) is 0 Å². The summed E-state index contributed by atoms with van der Waals surface area (Å²) in [6.07, 6.45) is 1.21. The fraction of sp³-hybridized carbons (Fsp3) is 0.0526. The first-order valence-corrected chi connectivity index (χ1v) is 8.13. The number of hydrogen-bond acceptors (Lipinski definition) is 5. The van der Waals surface area contributed by atoms with E-state index in [2.05, 4.69) is 15.3 Å². The molecule has 134 valence electrons. The third-order valence-corrected chi connectivity index (χ3v) is 4.16. The summed E-state index contributed by atoms with van der Waals surface area (Å²) in [4.78, 5) is 41.8. The maximum atomic E-state index is 12.3. The van der Waals surface area contributed by atoms with Gasteiger partial charge in [0.15, 0.2) is 0 Å². The summed E-state index contributed by atoms with van der Waals surface area (Å²) in [6.45, 7) is -0.553. The molecule has 4 rings (SSSR count). The number of H-pyrrole nitrogens is 1. The molecule has 0 amide bonds. The first-order valence-electron chi connectivity index (χ1n) is 8.13. The lowest BCUT2D eigenvalue weighted by Gasteiger charge is -2.13. The van der Waals surface area contributed by atoms with Crippen molar-refractivity contribution >= 4 is 39.1 Å². The highest BCUT2D eigenvalue weighted by atomic mass is 16.4. The lowest BCUT2D eigenvalue weighted by Crippen LogP contribution is -2.32. The Morgan fingerprint density at radius 1 is 1.04 bits per heavy atom. The maximum Gasteiger partial charge on any atom is 0.328 e. The normalized spacial score (nSPS) is 11.0. The number of aliphatic carboxylic acids is 1. The highest BCUT2D eigenvalue weighted by Crippen LogP contribution is 2.32. The zero-order valence-corrected chi connectivity index (χ0v) is 14.0. The number of carboxylic acids is 1. The molecule has 0 fully saturated rings. The smallest absolute Gasteiger partial charge is 0.328 e. The third kappa shape index (κ3) is 3.04. The van der Waals surface area contributed by atoms with Gasteiger partial charge in [0, 0.05) is 17.0 Å². The summed E-state index contributed by atoms with van der Waals surface area (Å²) >= 11 is 0. The summed E-state index contributed by atoms with van der Waals surface area (Å²) in [5.74, 6) is -1.19. The first-order chi connectivity index (χ1) is 13.0. The summed E-state index contributed by atoms with van der Waals surface area (Å²) in [5.41, 5.74) is 0.798. The number of carbonyl (C=O) groups is 1. The molecule has 8 nitrogen and oxygen atoms in total. The Labute approximate surface area is 151 Å². The van der Waals surface area contributed by atoms with E-state index in [1.807, 2.05) is 48.5 Å². The quantitative estimate of drug-likeness (QED) is 0.479. The zero-order chi connectivity index (χ0) is 19.0. The molecule has 2 aromatic heterocycles. The lowest BCUT2D eigenvalue weighted by atomic mass is 10.1. The number of pyridine rings is 1. The van der Waals surface area contributed by atoms with E-state index in [0.717, 1.165) is 26.4 Å². The molecular formula is C19H14N4O4. The van der Waals surface area contributed by atoms with Gasteiger partial charge in [-0.25, -0.2) is 9.78 Å². The van der Waals surface area contributed by atoms with Gasteiger partial charge in [0.05, 0.1) is 16.7 Å². The Hall–Kier alpha value is -3.94. The van der Waals surface area contributed by atoms with Gasteiger partial charge in [-0.3, -0.25) is 19.1 Å². The van der Waals surface area contributed by atoms with Crippen LogP contribution in [0.1, 0.15) is 0 Å². The fourth-order valence-corrected chi connectivity index (χ4v) is 2.97. The molecule has 0 saturated heterocycles. The van der Waals surface area contributed by atoms with Crippen molar-refractivity contribution in [1.29, 1.82) is 0 Å². The monoisotopic (exact) mass is 362 g/mol. The molecule has 3 N–H and O–H groups in total. The Kier molecular flexibility index (Phi) is 3.92. The summed E-state index contributed by atoms with van der Waals surface area (Å²) in [5, 5.41) is 13.6. The van der Waals surface area contributed by atoms with Crippen molar-refractivity contribution in [2.75, 3.05) is 5.32 Å². The van der Waals surface area contributed by atoms with E-state index in [-0.39, 0.29) is 5.69 Å². The number of para-hydroxylation sites is 2. The number of nitrogens with one attached hydrogen (secondary N) is 2. The van der Waals surface area contributed by atoms with Gasteiger partial charge < -0.3 is 10.4 Å². The number of nitrogens with zero attached hydrogens (tertiary/aromatic N) is 2. The van der Waals surface area contributed by atoms with Crippen LogP contribution in [0.3, 0.4) is 0 Å². The van der Waals surface area contributed by atoms with Gasteiger partial charge in [-0.05, 0) is 12.1 Å². The molecule has 27 heavy (non-hydrogen) atoms. The Morgan fingerprint density at radius 3 is 2.22 bits per heavy atom. The summed E-state index contributed by atoms with van der Waals surface area (Å²) in [7, 11) is 0. The van der Waals surface area contributed by atoms with E-state index in [0.29, 0.717) is 5.69 Å². The average molecular weight is 362 g/mol. The second-order valence-electron chi connectivity index (χ2n) is 5.97. The van der Waals surface area contributed by atoms with Gasteiger partial charge in [0.25, 0.3) is 5.56 Å². The molecule has 0 atom stereocenters. The van der Waals surface area contributed by atoms with E-state index in [9.17, 15) is 14.4 Å². The highest BCUT2D eigenvalue weighted by molar-refractivity contribution is 6.08. The highest BCUT2D eigenvalue weighted by Gasteiger charge is 2.12. The molecule has 0 aliphatic heterocycles. The van der Waals surface area contributed by atoms with Gasteiger partial charge in [-0.1, -0.05) is 36.4 Å². The standard InChI is InChI=1S/C19H14N4O4/c24-16(25)10-23-9-15(18(26)22-19(23)27)21-17-11-5-1-3-7-13(11)20-14-8-4-2-6-12(14)17/h1-9H,10H2,(H,20,21)(H,24,25)(H,22,26,27). The largest absolute Gasteiger partial charge is 0.480 e. The van der Waals surface area contributed by atoms with E-state index in [1.165, 1.54) is 6.20 Å². The predicted octanol–water partition coefficient (Wildman–Crippen LogP) is 2.07. The van der Waals surface area contributed by atoms with E-state index >= 15 is 0 Å². The summed E-state index contributed by atoms with van der Waals surface area (Å²) < 4.78 is 0.928. The van der Waals surface area contributed by atoms with Crippen LogP contribution >= 0.6 is 0 Å². The predicted molar refractivity (Wildman–Crippen MR) is 101 cm³/mol. The van der Waals surface area contributed by atoms with E-state index in [1.54, 1.807) is 0 Å². The SMILES string of the molecule is O=C(O)Cn1cc(Nc2c3ccccc3nc3ccccc23)c(=O)[nH]c1=O. The Bertz CT molecular complexity index is 1250. The fourth-order valence-electron chi connectivity index (χ4n) is 2.97. The number of carboxylic acid groups (broad SMARTS) is 1. The summed E-state index contributed by atoms with van der Waals surface area (Å²) in [6, 6.07) is 14.9. The molecule has 0 aliphatic carbocycles. The maximum absolute atomic E-state index is 12.3. The van der Waals surface area contributed by atoms with Crippen LogP contribution in [0.4, 0.5) is 11.4 Å². The zero-order valence-electron chi connectivity index (χ0n) is 14.0. The average Bonchev–Trinajstić information content (AvgIpc) is 2.64. The van der Waals surface area contributed by atoms with Crippen molar-refractivity contribution in [3.8, 4) is 0 Å². The minimum absolute atomic E-state index is 0.0670. The number of fused-ring (bicyclic) bond motifs is 2. The minimum atomic E-state index is -1.19. The second kappa shape index (κ2) is 6.41. The molecule has 0 spiro atoms. The minimum Gasteiger partial charge on any atom is -0.480 e. The number of hydrogen-bond donors (Lipinski definition) is 3. The van der Waals surface area contributed by atoms with Crippen LogP contribution in [-0.4, -0.2) is 25.6 Å². The van der Waals surface area contributed by atoms with Crippen molar-refractivity contribution in [1.82, 2.24) is 14.5 Å². The van der Waals surface area contributed by atoms with Crippen molar-refractivity contribution in [2.24, 2.45) is 0 Å². The van der Waals surface area contributed by atoms with E-state index in [4.69, 9.17) is 5.11 Å². The molecule has 0 unspecified atom stereocenters. The van der Waals surface area contributed by atoms with Gasteiger partial charge >= 0.3 is 11.7 Å². The molecule has 0 saturated carbocycles. The van der Waals surface area contributed by atoms with Gasteiger partial charge in [0.2, 0.25) is 0 Å². The Morgan fingerprint density at radius 2 is 1.63 bits per heavy atom. The molecule has 2 heterocycles. The van der Waals surface area contributed by atoms with Crippen molar-refractivity contribution in [3.05, 3.63) is 75.6 Å². The molecule has 0 aliphatic rings. The van der Waals surface area contributed by atoms with Crippen LogP contribution in [0.15, 0.2) is 64.3 Å². The number of aromatic nitrogens is 3. The van der Waals surface area contributed by atoms with Crippen LogP contribution in [0.5, 0.6) is 0 Å². The van der Waals surface area contributed by atoms with Crippen molar-refractivity contribution < 1.29 is 9.90 Å². The molecule has 0 bridgehead atoms. The lowest BCUT2D eigenvalue weighted by molar-refractivity contribution is -0.137. The third-order valence-electron chi connectivity index (χ3n) is 4.16. The number of anilines is 2. The molecular weight excluding hydrogens is 348 g/mol. The van der Waals surface area contributed by atoms with Crippen LogP contribution in [-0.2, 0) is 11.3 Å². The number of benzene rings is 2. The number of aromatic amines is 1. The van der Waals surface area contributed by atoms with Crippen LogP contribution in [0, 0.1) is 0 Å². The van der Waals surface area contributed by atoms with Crippen molar-refractivity contribution in [3.63, 3.8) is 0 Å². The van der Waals surface area contributed by atoms with Crippen LogP contribution < -0.4 is 16.6 Å². The molecule has 4 aromatic rings. The van der Waals surface area contributed by atoms with Gasteiger partial charge in [-0.15, -0.1) is 0 Å². The first kappa shape index (κ1) is 16.5. The number of rotatable bonds is 4. The molecule has 2 aromatic carbocycles. The van der Waals surface area contributed by atoms with E-state index < -0.39 is 23.8 Å². The topological polar surface area (TPSA) is 117 Å². The van der Waals surface area contributed by atoms with Gasteiger partial charge in [-0.2, -0.15) is 0 Å². The van der Waals surface area contributed by atoms with Gasteiger partial charge in [0.1, 0.15) is 12.2 Å². The van der Waals surface area contributed by atoms with Crippen molar-refractivity contribution in [2.45, 2.75) is 6.54 Å². The molecule has 0 radical (unpaired) electrons. The second-order valence-corrected chi connectivity index (χ2v) is 5.97. The molecule has 8 heteroatoms.